The first-order chi connectivity index (χ1) is 16.4. The van der Waals surface area contributed by atoms with Crippen molar-refractivity contribution in [2.75, 3.05) is 26.2 Å². The minimum atomic E-state index is -0.649. The quantitative estimate of drug-likeness (QED) is 0.601. The summed E-state index contributed by atoms with van der Waals surface area (Å²) < 4.78 is 27.0. The van der Waals surface area contributed by atoms with E-state index in [0.717, 1.165) is 11.1 Å². The van der Waals surface area contributed by atoms with Gasteiger partial charge in [-0.05, 0) is 54.4 Å². The summed E-state index contributed by atoms with van der Waals surface area (Å²) in [5.41, 5.74) is 2.31. The zero-order valence-corrected chi connectivity index (χ0v) is 19.0. The van der Waals surface area contributed by atoms with Crippen molar-refractivity contribution in [3.8, 4) is 0 Å². The molecule has 1 aliphatic rings. The minimum absolute atomic E-state index is 0.135. The number of piperazine rings is 1. The molecule has 7 heteroatoms. The number of amides is 2. The maximum atomic E-state index is 13.5. The molecule has 0 radical (unpaired) electrons. The Morgan fingerprint density at radius 2 is 1.26 bits per heavy atom. The van der Waals surface area contributed by atoms with Gasteiger partial charge in [0.05, 0.1) is 6.04 Å². The standard InChI is InChI=1S/C27H27F2N3O2/c1-19(30-26(33)22-5-3-2-4-6-22)27(34)32-17-15-31(16-18-32)25(20-7-11-23(28)12-8-20)21-9-13-24(29)14-10-21/h2-14,19,25H,15-18H2,1H3,(H,30,33)/t19-/m0/s1. The Balaban J connectivity index is 1.42. The van der Waals surface area contributed by atoms with Gasteiger partial charge in [-0.1, -0.05) is 42.5 Å². The first-order valence-corrected chi connectivity index (χ1v) is 11.3. The Kier molecular flexibility index (Phi) is 7.33. The fourth-order valence-electron chi connectivity index (χ4n) is 4.31. The Labute approximate surface area is 198 Å². The number of nitrogens with one attached hydrogen (secondary N) is 1. The molecule has 3 aromatic rings. The summed E-state index contributed by atoms with van der Waals surface area (Å²) in [5, 5.41) is 2.77. The SMILES string of the molecule is C[C@H](NC(=O)c1ccccc1)C(=O)N1CCN(C(c2ccc(F)cc2)c2ccc(F)cc2)CC1. The predicted molar refractivity (Wildman–Crippen MR) is 126 cm³/mol. The fourth-order valence-corrected chi connectivity index (χ4v) is 4.31. The number of carbonyl (C=O) groups is 2. The summed E-state index contributed by atoms with van der Waals surface area (Å²) >= 11 is 0. The third-order valence-corrected chi connectivity index (χ3v) is 6.12. The van der Waals surface area contributed by atoms with Crippen molar-refractivity contribution >= 4 is 11.8 Å². The number of carbonyl (C=O) groups excluding carboxylic acids is 2. The molecule has 3 aromatic carbocycles. The van der Waals surface area contributed by atoms with Gasteiger partial charge in [0, 0.05) is 31.7 Å². The monoisotopic (exact) mass is 463 g/mol. The minimum Gasteiger partial charge on any atom is -0.341 e. The zero-order chi connectivity index (χ0) is 24.1. The lowest BCUT2D eigenvalue weighted by molar-refractivity contribution is -0.134. The number of benzene rings is 3. The molecule has 1 saturated heterocycles. The van der Waals surface area contributed by atoms with E-state index in [2.05, 4.69) is 10.2 Å². The molecule has 34 heavy (non-hydrogen) atoms. The van der Waals surface area contributed by atoms with E-state index in [0.29, 0.717) is 31.7 Å². The second-order valence-electron chi connectivity index (χ2n) is 8.43. The van der Waals surface area contributed by atoms with E-state index in [9.17, 15) is 18.4 Å². The van der Waals surface area contributed by atoms with Crippen molar-refractivity contribution in [3.63, 3.8) is 0 Å². The van der Waals surface area contributed by atoms with E-state index in [1.165, 1.54) is 24.3 Å². The van der Waals surface area contributed by atoms with Crippen molar-refractivity contribution in [3.05, 3.63) is 107 Å². The topological polar surface area (TPSA) is 52.7 Å². The summed E-state index contributed by atoms with van der Waals surface area (Å²) in [6.07, 6.45) is 0. The third-order valence-electron chi connectivity index (χ3n) is 6.12. The Morgan fingerprint density at radius 3 is 1.76 bits per heavy atom. The molecule has 1 fully saturated rings. The molecular formula is C27H27F2N3O2. The molecule has 1 N–H and O–H groups in total. The van der Waals surface area contributed by atoms with E-state index in [1.54, 1.807) is 60.4 Å². The maximum absolute atomic E-state index is 13.5. The van der Waals surface area contributed by atoms with Gasteiger partial charge in [-0.2, -0.15) is 0 Å². The van der Waals surface area contributed by atoms with Crippen molar-refractivity contribution in [1.29, 1.82) is 0 Å². The first kappa shape index (κ1) is 23.6. The number of rotatable bonds is 6. The normalized spacial score (nSPS) is 15.2. The van der Waals surface area contributed by atoms with Gasteiger partial charge in [0.15, 0.2) is 0 Å². The molecule has 0 saturated carbocycles. The molecule has 0 unspecified atom stereocenters. The number of hydrogen-bond donors (Lipinski definition) is 1. The molecule has 4 rings (SSSR count). The molecule has 0 spiro atoms. The number of halogens is 2. The summed E-state index contributed by atoms with van der Waals surface area (Å²) in [4.78, 5) is 29.3. The van der Waals surface area contributed by atoms with Gasteiger partial charge in [0.25, 0.3) is 5.91 Å². The lowest BCUT2D eigenvalue weighted by Gasteiger charge is -2.40. The fraction of sp³-hybridized carbons (Fsp3) is 0.259. The Morgan fingerprint density at radius 1 is 0.765 bits per heavy atom. The van der Waals surface area contributed by atoms with Crippen LogP contribution in [0.4, 0.5) is 8.78 Å². The molecule has 0 aliphatic carbocycles. The molecule has 2 amide bonds. The van der Waals surface area contributed by atoms with Crippen LogP contribution >= 0.6 is 0 Å². The largest absolute Gasteiger partial charge is 0.341 e. The zero-order valence-electron chi connectivity index (χ0n) is 19.0. The van der Waals surface area contributed by atoms with Gasteiger partial charge < -0.3 is 10.2 Å². The van der Waals surface area contributed by atoms with E-state index in [4.69, 9.17) is 0 Å². The highest BCUT2D eigenvalue weighted by atomic mass is 19.1. The average Bonchev–Trinajstić information content (AvgIpc) is 2.87. The molecule has 5 nitrogen and oxygen atoms in total. The summed E-state index contributed by atoms with van der Waals surface area (Å²) in [6, 6.07) is 20.6. The Bertz CT molecular complexity index is 1070. The molecule has 176 valence electrons. The van der Waals surface area contributed by atoms with Crippen LogP contribution in [0.15, 0.2) is 78.9 Å². The van der Waals surface area contributed by atoms with Gasteiger partial charge in [-0.25, -0.2) is 8.78 Å². The van der Waals surface area contributed by atoms with Crippen LogP contribution in [0.1, 0.15) is 34.5 Å². The van der Waals surface area contributed by atoms with Crippen LogP contribution in [0.5, 0.6) is 0 Å². The van der Waals surface area contributed by atoms with Gasteiger partial charge in [-0.3, -0.25) is 14.5 Å². The van der Waals surface area contributed by atoms with Gasteiger partial charge >= 0.3 is 0 Å². The van der Waals surface area contributed by atoms with E-state index < -0.39 is 6.04 Å². The maximum Gasteiger partial charge on any atom is 0.251 e. The van der Waals surface area contributed by atoms with Crippen molar-refractivity contribution < 1.29 is 18.4 Å². The Hall–Kier alpha value is -3.58. The summed E-state index contributed by atoms with van der Waals surface area (Å²) in [5.74, 6) is -1.05. The van der Waals surface area contributed by atoms with Crippen LogP contribution in [-0.2, 0) is 4.79 Å². The highest BCUT2D eigenvalue weighted by molar-refractivity contribution is 5.97. The van der Waals surface area contributed by atoms with Gasteiger partial charge in [-0.15, -0.1) is 0 Å². The smallest absolute Gasteiger partial charge is 0.251 e. The highest BCUT2D eigenvalue weighted by Crippen LogP contribution is 2.30. The third kappa shape index (κ3) is 5.48. The average molecular weight is 464 g/mol. The molecule has 1 heterocycles. The predicted octanol–water partition coefficient (Wildman–Crippen LogP) is 4.02. The van der Waals surface area contributed by atoms with Gasteiger partial charge in [0.1, 0.15) is 17.7 Å². The number of nitrogens with zero attached hydrogens (tertiary/aromatic N) is 2. The second-order valence-corrected chi connectivity index (χ2v) is 8.43. The van der Waals surface area contributed by atoms with Crippen molar-refractivity contribution in [1.82, 2.24) is 15.1 Å². The number of hydrogen-bond acceptors (Lipinski definition) is 3. The molecule has 1 atom stereocenters. The van der Waals surface area contributed by atoms with Gasteiger partial charge in [0.2, 0.25) is 5.91 Å². The van der Waals surface area contributed by atoms with Crippen molar-refractivity contribution in [2.24, 2.45) is 0 Å². The van der Waals surface area contributed by atoms with E-state index in [-0.39, 0.29) is 29.5 Å². The van der Waals surface area contributed by atoms with Crippen LogP contribution in [0.3, 0.4) is 0 Å². The van der Waals surface area contributed by atoms with Crippen LogP contribution in [0, 0.1) is 11.6 Å². The molecular weight excluding hydrogens is 436 g/mol. The van der Waals surface area contributed by atoms with Crippen molar-refractivity contribution in [2.45, 2.75) is 19.0 Å². The highest BCUT2D eigenvalue weighted by Gasteiger charge is 2.30. The summed E-state index contributed by atoms with van der Waals surface area (Å²) in [7, 11) is 0. The first-order valence-electron chi connectivity index (χ1n) is 11.3. The molecule has 1 aliphatic heterocycles. The molecule has 0 bridgehead atoms. The van der Waals surface area contributed by atoms with Crippen LogP contribution in [-0.4, -0.2) is 53.8 Å². The summed E-state index contributed by atoms with van der Waals surface area (Å²) in [6.45, 7) is 3.84. The van der Waals surface area contributed by atoms with Crippen LogP contribution < -0.4 is 5.32 Å². The lowest BCUT2D eigenvalue weighted by atomic mass is 9.96. The molecule has 0 aromatic heterocycles. The lowest BCUT2D eigenvalue weighted by Crippen LogP contribution is -2.54. The van der Waals surface area contributed by atoms with E-state index in [1.807, 2.05) is 6.07 Å². The van der Waals surface area contributed by atoms with E-state index >= 15 is 0 Å². The van der Waals surface area contributed by atoms with Crippen LogP contribution in [0.25, 0.3) is 0 Å². The van der Waals surface area contributed by atoms with Crippen LogP contribution in [0.2, 0.25) is 0 Å². The second kappa shape index (κ2) is 10.6.